The van der Waals surface area contributed by atoms with Crippen LogP contribution in [0.15, 0.2) is 35.9 Å². The minimum absolute atomic E-state index is 0.171. The maximum absolute atomic E-state index is 11.0. The largest absolute Gasteiger partial charge is 0.366 e. The minimum Gasteiger partial charge on any atom is -0.366 e. The molecule has 0 aliphatic rings. The molecule has 1 rings (SSSR count). The minimum atomic E-state index is -0.567. The van der Waals surface area contributed by atoms with Gasteiger partial charge in [0.15, 0.2) is 0 Å². The van der Waals surface area contributed by atoms with E-state index in [0.717, 1.165) is 5.56 Å². The van der Waals surface area contributed by atoms with Gasteiger partial charge in [-0.15, -0.1) is 0 Å². The first kappa shape index (κ1) is 11.2. The van der Waals surface area contributed by atoms with Crippen LogP contribution in [-0.2, 0) is 4.79 Å². The molecule has 0 unspecified atom stereocenters. The normalized spacial score (nSPS) is 11.2. The van der Waals surface area contributed by atoms with Crippen LogP contribution in [0.4, 0.5) is 0 Å². The monoisotopic (exact) mass is 202 g/mol. The van der Waals surface area contributed by atoms with Gasteiger partial charge in [-0.25, -0.2) is 0 Å². The first-order valence-electron chi connectivity index (χ1n) is 4.68. The SMILES string of the molecule is C/C=C(\C(=N)c1ccc(C)cc1)C(N)=O. The van der Waals surface area contributed by atoms with E-state index in [1.807, 2.05) is 31.2 Å². The van der Waals surface area contributed by atoms with Crippen molar-refractivity contribution in [2.24, 2.45) is 5.73 Å². The van der Waals surface area contributed by atoms with Crippen LogP contribution < -0.4 is 5.73 Å². The Bertz CT molecular complexity index is 416. The molecule has 0 aliphatic heterocycles. The van der Waals surface area contributed by atoms with Crippen molar-refractivity contribution in [3.05, 3.63) is 47.0 Å². The fourth-order valence-corrected chi connectivity index (χ4v) is 1.29. The summed E-state index contributed by atoms with van der Waals surface area (Å²) in [5.74, 6) is -0.567. The third-order valence-electron chi connectivity index (χ3n) is 2.16. The lowest BCUT2D eigenvalue weighted by Gasteiger charge is -2.05. The van der Waals surface area contributed by atoms with E-state index in [9.17, 15) is 4.79 Å². The number of carbonyl (C=O) groups is 1. The Kier molecular flexibility index (Phi) is 3.39. The molecule has 0 bridgehead atoms. The summed E-state index contributed by atoms with van der Waals surface area (Å²) in [5, 5.41) is 7.82. The number of hydrogen-bond donors (Lipinski definition) is 2. The summed E-state index contributed by atoms with van der Waals surface area (Å²) >= 11 is 0. The van der Waals surface area contributed by atoms with Crippen LogP contribution in [0, 0.1) is 12.3 Å². The molecule has 0 aromatic heterocycles. The summed E-state index contributed by atoms with van der Waals surface area (Å²) in [5.41, 5.74) is 7.41. The average Bonchev–Trinajstić information content (AvgIpc) is 2.19. The van der Waals surface area contributed by atoms with E-state index in [4.69, 9.17) is 11.1 Å². The Morgan fingerprint density at radius 2 is 1.87 bits per heavy atom. The van der Waals surface area contributed by atoms with Crippen LogP contribution in [0.3, 0.4) is 0 Å². The van der Waals surface area contributed by atoms with E-state index < -0.39 is 5.91 Å². The molecule has 0 aliphatic carbocycles. The van der Waals surface area contributed by atoms with Gasteiger partial charge in [-0.05, 0) is 13.8 Å². The molecule has 0 saturated heterocycles. The molecule has 0 heterocycles. The van der Waals surface area contributed by atoms with Gasteiger partial charge in [0, 0.05) is 5.56 Å². The molecule has 3 heteroatoms. The van der Waals surface area contributed by atoms with Crippen LogP contribution in [0.2, 0.25) is 0 Å². The number of nitrogens with one attached hydrogen (secondary N) is 1. The molecule has 3 N–H and O–H groups in total. The number of aryl methyl sites for hydroxylation is 1. The van der Waals surface area contributed by atoms with Gasteiger partial charge < -0.3 is 5.73 Å². The zero-order valence-electron chi connectivity index (χ0n) is 8.87. The fourth-order valence-electron chi connectivity index (χ4n) is 1.29. The molecular weight excluding hydrogens is 188 g/mol. The van der Waals surface area contributed by atoms with Gasteiger partial charge in [-0.1, -0.05) is 35.9 Å². The first-order chi connectivity index (χ1) is 7.06. The van der Waals surface area contributed by atoms with Crippen molar-refractivity contribution >= 4 is 11.6 Å². The molecule has 0 radical (unpaired) electrons. The third-order valence-corrected chi connectivity index (χ3v) is 2.16. The van der Waals surface area contributed by atoms with Crippen molar-refractivity contribution in [3.8, 4) is 0 Å². The molecule has 0 spiro atoms. The zero-order valence-corrected chi connectivity index (χ0v) is 8.87. The zero-order chi connectivity index (χ0) is 11.4. The second kappa shape index (κ2) is 4.55. The predicted octanol–water partition coefficient (Wildman–Crippen LogP) is 1.79. The Hall–Kier alpha value is -1.90. The number of allylic oxidation sites excluding steroid dienone is 1. The smallest absolute Gasteiger partial charge is 0.250 e. The fraction of sp³-hybridized carbons (Fsp3) is 0.167. The van der Waals surface area contributed by atoms with Crippen molar-refractivity contribution in [2.45, 2.75) is 13.8 Å². The summed E-state index contributed by atoms with van der Waals surface area (Å²) in [4.78, 5) is 11.0. The number of rotatable bonds is 3. The second-order valence-electron chi connectivity index (χ2n) is 3.31. The van der Waals surface area contributed by atoms with E-state index in [2.05, 4.69) is 0 Å². The van der Waals surface area contributed by atoms with Crippen molar-refractivity contribution in [3.63, 3.8) is 0 Å². The molecule has 1 aromatic carbocycles. The molecule has 0 fully saturated rings. The van der Waals surface area contributed by atoms with E-state index in [1.54, 1.807) is 13.0 Å². The van der Waals surface area contributed by atoms with Crippen molar-refractivity contribution < 1.29 is 4.79 Å². The summed E-state index contributed by atoms with van der Waals surface area (Å²) in [7, 11) is 0. The molecule has 0 saturated carbocycles. The highest BCUT2D eigenvalue weighted by atomic mass is 16.1. The van der Waals surface area contributed by atoms with E-state index in [-0.39, 0.29) is 11.3 Å². The molecule has 78 valence electrons. The van der Waals surface area contributed by atoms with E-state index in [0.29, 0.717) is 5.56 Å². The maximum Gasteiger partial charge on any atom is 0.250 e. The topological polar surface area (TPSA) is 66.9 Å². The Balaban J connectivity index is 3.04. The summed E-state index contributed by atoms with van der Waals surface area (Å²) in [6.45, 7) is 3.67. The number of nitrogens with two attached hydrogens (primary N) is 1. The van der Waals surface area contributed by atoms with Gasteiger partial charge in [0.25, 0.3) is 5.91 Å². The third kappa shape index (κ3) is 2.53. The highest BCUT2D eigenvalue weighted by molar-refractivity contribution is 6.26. The maximum atomic E-state index is 11.0. The van der Waals surface area contributed by atoms with Gasteiger partial charge in [0.1, 0.15) is 0 Å². The van der Waals surface area contributed by atoms with E-state index in [1.165, 1.54) is 0 Å². The number of benzene rings is 1. The Labute approximate surface area is 89.1 Å². The highest BCUT2D eigenvalue weighted by Crippen LogP contribution is 2.09. The number of hydrogen-bond acceptors (Lipinski definition) is 2. The number of primary amides is 1. The highest BCUT2D eigenvalue weighted by Gasteiger charge is 2.11. The Morgan fingerprint density at radius 3 is 2.27 bits per heavy atom. The predicted molar refractivity (Wildman–Crippen MR) is 61.0 cm³/mol. The molecule has 1 aromatic rings. The molecular formula is C12H14N2O. The lowest BCUT2D eigenvalue weighted by Crippen LogP contribution is -2.20. The quantitative estimate of drug-likeness (QED) is 0.569. The number of amides is 1. The van der Waals surface area contributed by atoms with Crippen LogP contribution in [0.25, 0.3) is 0 Å². The van der Waals surface area contributed by atoms with E-state index >= 15 is 0 Å². The van der Waals surface area contributed by atoms with Gasteiger partial charge >= 0.3 is 0 Å². The summed E-state index contributed by atoms with van der Waals surface area (Å²) in [6.07, 6.45) is 1.56. The standard InChI is InChI=1S/C12H14N2O/c1-3-10(12(14)15)11(13)9-6-4-8(2)5-7-9/h3-7,13H,1-2H3,(H2,14,15)/b10-3+,13-11?. The van der Waals surface area contributed by atoms with Gasteiger partial charge in [0.05, 0.1) is 11.3 Å². The van der Waals surface area contributed by atoms with Crippen LogP contribution in [-0.4, -0.2) is 11.6 Å². The van der Waals surface area contributed by atoms with Crippen LogP contribution >= 0.6 is 0 Å². The molecule has 1 amide bonds. The van der Waals surface area contributed by atoms with Gasteiger partial charge in [-0.3, -0.25) is 10.2 Å². The van der Waals surface area contributed by atoms with Crippen molar-refractivity contribution in [1.29, 1.82) is 5.41 Å². The van der Waals surface area contributed by atoms with Crippen LogP contribution in [0.5, 0.6) is 0 Å². The van der Waals surface area contributed by atoms with Crippen LogP contribution in [0.1, 0.15) is 18.1 Å². The number of carbonyl (C=O) groups excluding carboxylic acids is 1. The second-order valence-corrected chi connectivity index (χ2v) is 3.31. The van der Waals surface area contributed by atoms with Gasteiger partial charge in [-0.2, -0.15) is 0 Å². The van der Waals surface area contributed by atoms with Crippen molar-refractivity contribution in [2.75, 3.05) is 0 Å². The van der Waals surface area contributed by atoms with Gasteiger partial charge in [0.2, 0.25) is 0 Å². The average molecular weight is 202 g/mol. The lowest BCUT2D eigenvalue weighted by atomic mass is 10.0. The van der Waals surface area contributed by atoms with Crippen molar-refractivity contribution in [1.82, 2.24) is 0 Å². The summed E-state index contributed by atoms with van der Waals surface area (Å²) in [6, 6.07) is 7.42. The molecule has 0 atom stereocenters. The lowest BCUT2D eigenvalue weighted by molar-refractivity contribution is -0.114. The molecule has 15 heavy (non-hydrogen) atoms. The first-order valence-corrected chi connectivity index (χ1v) is 4.68. The Morgan fingerprint density at radius 1 is 1.33 bits per heavy atom. The molecule has 3 nitrogen and oxygen atoms in total. The summed E-state index contributed by atoms with van der Waals surface area (Å²) < 4.78 is 0.